The maximum atomic E-state index is 10.7. The number of hydrogen-bond acceptors (Lipinski definition) is 4. The number of aliphatic hydroxyl groups excluding tert-OH is 1. The minimum Gasteiger partial charge on any atom is -0.482 e. The van der Waals surface area contributed by atoms with E-state index < -0.39 is 4.92 Å². The van der Waals surface area contributed by atoms with Gasteiger partial charge in [-0.25, -0.2) is 0 Å². The molecule has 1 rings (SSSR count). The van der Waals surface area contributed by atoms with E-state index in [1.807, 2.05) is 0 Å². The van der Waals surface area contributed by atoms with E-state index in [4.69, 9.17) is 9.84 Å². The second-order valence-corrected chi connectivity index (χ2v) is 3.46. The zero-order valence-corrected chi connectivity index (χ0v) is 8.97. The Bertz CT molecular complexity index is 414. The molecule has 0 amide bonds. The van der Waals surface area contributed by atoms with Crippen LogP contribution in [0.2, 0.25) is 0 Å². The number of rotatable bonds is 5. The molecule has 1 aromatic carbocycles. The summed E-state index contributed by atoms with van der Waals surface area (Å²) in [5.74, 6) is 0.152. The van der Waals surface area contributed by atoms with Gasteiger partial charge in [-0.1, -0.05) is 6.58 Å². The van der Waals surface area contributed by atoms with Crippen molar-refractivity contribution in [2.45, 2.75) is 13.5 Å². The molecule has 1 N–H and O–H groups in total. The summed E-state index contributed by atoms with van der Waals surface area (Å²) < 4.78 is 5.25. The Morgan fingerprint density at radius 3 is 2.81 bits per heavy atom. The lowest BCUT2D eigenvalue weighted by molar-refractivity contribution is -0.385. The van der Waals surface area contributed by atoms with Crippen molar-refractivity contribution >= 4 is 5.69 Å². The maximum absolute atomic E-state index is 10.7. The summed E-state index contributed by atoms with van der Waals surface area (Å²) in [6.07, 6.45) is 0. The summed E-state index contributed by atoms with van der Waals surface area (Å²) in [5.41, 5.74) is 1.23. The molecule has 0 aliphatic heterocycles. The smallest absolute Gasteiger partial charge is 0.310 e. The van der Waals surface area contributed by atoms with Gasteiger partial charge in [-0.2, -0.15) is 0 Å². The van der Waals surface area contributed by atoms with Gasteiger partial charge >= 0.3 is 5.69 Å². The monoisotopic (exact) mass is 223 g/mol. The van der Waals surface area contributed by atoms with E-state index >= 15 is 0 Å². The van der Waals surface area contributed by atoms with E-state index in [2.05, 4.69) is 6.58 Å². The second kappa shape index (κ2) is 5.27. The third-order valence-corrected chi connectivity index (χ3v) is 1.88. The first-order chi connectivity index (χ1) is 7.54. The number of nitro groups is 1. The van der Waals surface area contributed by atoms with Crippen LogP contribution in [0.25, 0.3) is 0 Å². The summed E-state index contributed by atoms with van der Waals surface area (Å²) in [4.78, 5) is 10.2. The average Bonchev–Trinajstić information content (AvgIpc) is 2.25. The van der Waals surface area contributed by atoms with Crippen LogP contribution in [0.4, 0.5) is 5.69 Å². The first-order valence-electron chi connectivity index (χ1n) is 4.70. The van der Waals surface area contributed by atoms with Gasteiger partial charge in [-0.05, 0) is 30.2 Å². The Labute approximate surface area is 93.1 Å². The van der Waals surface area contributed by atoms with Gasteiger partial charge in [0.2, 0.25) is 0 Å². The predicted molar refractivity (Wildman–Crippen MR) is 59.3 cm³/mol. The van der Waals surface area contributed by atoms with Crippen molar-refractivity contribution in [2.75, 3.05) is 6.61 Å². The first kappa shape index (κ1) is 12.2. The number of benzene rings is 1. The van der Waals surface area contributed by atoms with Crippen molar-refractivity contribution in [1.29, 1.82) is 0 Å². The van der Waals surface area contributed by atoms with Crippen LogP contribution in [0.3, 0.4) is 0 Å². The van der Waals surface area contributed by atoms with Crippen molar-refractivity contribution in [2.24, 2.45) is 0 Å². The topological polar surface area (TPSA) is 72.6 Å². The molecule has 0 aliphatic rings. The molecule has 0 atom stereocenters. The number of ether oxygens (including phenoxy) is 1. The Balaban J connectivity index is 3.00. The van der Waals surface area contributed by atoms with Crippen molar-refractivity contribution < 1.29 is 14.8 Å². The Morgan fingerprint density at radius 1 is 1.62 bits per heavy atom. The molecular formula is C11H13NO4. The van der Waals surface area contributed by atoms with E-state index in [-0.39, 0.29) is 24.7 Å². The maximum Gasteiger partial charge on any atom is 0.310 e. The molecule has 5 heteroatoms. The van der Waals surface area contributed by atoms with E-state index in [0.717, 1.165) is 5.57 Å². The SMILES string of the molecule is C=C(C)COc1cc(CO)ccc1[N+](=O)[O-]. The lowest BCUT2D eigenvalue weighted by Gasteiger charge is -2.07. The largest absolute Gasteiger partial charge is 0.482 e. The molecule has 0 heterocycles. The van der Waals surface area contributed by atoms with Crippen LogP contribution in [0.15, 0.2) is 30.4 Å². The molecule has 0 saturated heterocycles. The summed E-state index contributed by atoms with van der Waals surface area (Å²) in [6, 6.07) is 4.27. The van der Waals surface area contributed by atoms with Gasteiger partial charge in [0.25, 0.3) is 0 Å². The van der Waals surface area contributed by atoms with Crippen LogP contribution in [-0.4, -0.2) is 16.6 Å². The quantitative estimate of drug-likeness (QED) is 0.471. The molecule has 86 valence electrons. The van der Waals surface area contributed by atoms with Crippen LogP contribution in [0.1, 0.15) is 12.5 Å². The fourth-order valence-electron chi connectivity index (χ4n) is 1.12. The van der Waals surface area contributed by atoms with E-state index in [1.165, 1.54) is 18.2 Å². The molecule has 16 heavy (non-hydrogen) atoms. The molecular weight excluding hydrogens is 210 g/mol. The number of nitrogens with zero attached hydrogens (tertiary/aromatic N) is 1. The van der Waals surface area contributed by atoms with Gasteiger partial charge < -0.3 is 9.84 Å². The summed E-state index contributed by atoms with van der Waals surface area (Å²) >= 11 is 0. The molecule has 0 saturated carbocycles. The second-order valence-electron chi connectivity index (χ2n) is 3.46. The minimum absolute atomic E-state index is 0.113. The molecule has 0 spiro atoms. The highest BCUT2D eigenvalue weighted by Gasteiger charge is 2.15. The Kier molecular flexibility index (Phi) is 4.02. The third-order valence-electron chi connectivity index (χ3n) is 1.88. The Morgan fingerprint density at radius 2 is 2.31 bits per heavy atom. The lowest BCUT2D eigenvalue weighted by atomic mass is 10.2. The minimum atomic E-state index is -0.519. The molecule has 1 aromatic rings. The van der Waals surface area contributed by atoms with Crippen molar-refractivity contribution in [1.82, 2.24) is 0 Å². The predicted octanol–water partition coefficient (Wildman–Crippen LogP) is 2.04. The summed E-state index contributed by atoms with van der Waals surface area (Å²) in [7, 11) is 0. The lowest BCUT2D eigenvalue weighted by Crippen LogP contribution is -2.01. The van der Waals surface area contributed by atoms with Gasteiger partial charge in [0.1, 0.15) is 6.61 Å². The molecule has 0 unspecified atom stereocenters. The van der Waals surface area contributed by atoms with Gasteiger partial charge in [0.05, 0.1) is 11.5 Å². The van der Waals surface area contributed by atoms with Gasteiger partial charge in [0, 0.05) is 6.07 Å². The standard InChI is InChI=1S/C11H13NO4/c1-8(2)7-16-11-5-9(6-13)3-4-10(11)12(14)15/h3-5,13H,1,6-7H2,2H3. The highest BCUT2D eigenvalue weighted by molar-refractivity contribution is 5.48. The van der Waals surface area contributed by atoms with Crippen LogP contribution in [0.5, 0.6) is 5.75 Å². The molecule has 0 aliphatic carbocycles. The fourth-order valence-corrected chi connectivity index (χ4v) is 1.12. The fraction of sp³-hybridized carbons (Fsp3) is 0.273. The molecule has 0 bridgehead atoms. The van der Waals surface area contributed by atoms with Crippen LogP contribution >= 0.6 is 0 Å². The van der Waals surface area contributed by atoms with Gasteiger partial charge in [0.15, 0.2) is 5.75 Å². The normalized spacial score (nSPS) is 9.88. The third kappa shape index (κ3) is 3.06. The first-order valence-corrected chi connectivity index (χ1v) is 4.70. The van der Waals surface area contributed by atoms with Crippen molar-refractivity contribution in [3.8, 4) is 5.75 Å². The zero-order chi connectivity index (χ0) is 12.1. The van der Waals surface area contributed by atoms with E-state index in [9.17, 15) is 10.1 Å². The highest BCUT2D eigenvalue weighted by atomic mass is 16.6. The van der Waals surface area contributed by atoms with E-state index in [0.29, 0.717) is 5.56 Å². The number of nitro benzene ring substituents is 1. The number of aliphatic hydroxyl groups is 1. The molecule has 0 fully saturated rings. The average molecular weight is 223 g/mol. The van der Waals surface area contributed by atoms with Crippen LogP contribution < -0.4 is 4.74 Å². The van der Waals surface area contributed by atoms with Gasteiger partial charge in [-0.3, -0.25) is 10.1 Å². The van der Waals surface area contributed by atoms with Crippen molar-refractivity contribution in [3.63, 3.8) is 0 Å². The van der Waals surface area contributed by atoms with Crippen LogP contribution in [0, 0.1) is 10.1 Å². The Hall–Kier alpha value is -1.88. The summed E-state index contributed by atoms with van der Waals surface area (Å²) in [6.45, 7) is 5.45. The summed E-state index contributed by atoms with van der Waals surface area (Å²) in [5, 5.41) is 19.6. The molecule has 0 radical (unpaired) electrons. The number of hydrogen-bond donors (Lipinski definition) is 1. The zero-order valence-electron chi connectivity index (χ0n) is 8.97. The van der Waals surface area contributed by atoms with Crippen LogP contribution in [-0.2, 0) is 6.61 Å². The van der Waals surface area contributed by atoms with E-state index in [1.54, 1.807) is 6.92 Å². The molecule has 5 nitrogen and oxygen atoms in total. The van der Waals surface area contributed by atoms with Crippen molar-refractivity contribution in [3.05, 3.63) is 46.0 Å². The highest BCUT2D eigenvalue weighted by Crippen LogP contribution is 2.28. The molecule has 0 aromatic heterocycles. The van der Waals surface area contributed by atoms with Gasteiger partial charge in [-0.15, -0.1) is 0 Å².